The number of aryl methyl sites for hydroxylation is 1. The molecular formula is C12H12Br2O. The van der Waals surface area contributed by atoms with E-state index in [1.807, 2.05) is 6.07 Å². The number of Topliss-reactive ketones (excluding diaryl/α,β-unsaturated/α-hetero) is 1. The number of fused-ring (bicyclic) bond motifs is 1. The summed E-state index contributed by atoms with van der Waals surface area (Å²) in [6, 6.07) is 8.37. The molecule has 3 heteroatoms. The van der Waals surface area contributed by atoms with Gasteiger partial charge in [-0.1, -0.05) is 56.1 Å². The molecule has 15 heavy (non-hydrogen) atoms. The van der Waals surface area contributed by atoms with Gasteiger partial charge in [0.25, 0.3) is 0 Å². The van der Waals surface area contributed by atoms with Gasteiger partial charge in [-0.05, 0) is 30.4 Å². The maximum atomic E-state index is 11.8. The number of rotatable bonds is 2. The van der Waals surface area contributed by atoms with E-state index in [2.05, 4.69) is 50.1 Å². The van der Waals surface area contributed by atoms with Crippen molar-refractivity contribution in [2.24, 2.45) is 0 Å². The summed E-state index contributed by atoms with van der Waals surface area (Å²) in [5.41, 5.74) is 2.69. The zero-order valence-electron chi connectivity index (χ0n) is 8.30. The maximum Gasteiger partial charge on any atom is 0.160 e. The third kappa shape index (κ3) is 2.18. The lowest BCUT2D eigenvalue weighted by atomic mass is 9.82. The van der Waals surface area contributed by atoms with Crippen molar-refractivity contribution < 1.29 is 4.79 Å². The van der Waals surface area contributed by atoms with Crippen LogP contribution in [-0.2, 0) is 17.6 Å². The molecular weight excluding hydrogens is 320 g/mol. The van der Waals surface area contributed by atoms with Gasteiger partial charge in [0.05, 0.1) is 9.65 Å². The van der Waals surface area contributed by atoms with Gasteiger partial charge < -0.3 is 0 Å². The first-order chi connectivity index (χ1) is 7.15. The van der Waals surface area contributed by atoms with Crippen LogP contribution < -0.4 is 0 Å². The van der Waals surface area contributed by atoms with E-state index in [1.165, 1.54) is 11.1 Å². The predicted molar refractivity (Wildman–Crippen MR) is 68.9 cm³/mol. The van der Waals surface area contributed by atoms with Gasteiger partial charge in [0.15, 0.2) is 5.78 Å². The van der Waals surface area contributed by atoms with E-state index < -0.39 is 0 Å². The van der Waals surface area contributed by atoms with Crippen LogP contribution in [0.4, 0.5) is 0 Å². The van der Waals surface area contributed by atoms with Crippen molar-refractivity contribution in [1.82, 2.24) is 0 Å². The minimum Gasteiger partial charge on any atom is -0.297 e. The second-order valence-corrected chi connectivity index (χ2v) is 6.05. The maximum absolute atomic E-state index is 11.8. The van der Waals surface area contributed by atoms with Crippen LogP contribution in [-0.4, -0.2) is 15.4 Å². The summed E-state index contributed by atoms with van der Waals surface area (Å²) in [6.45, 7) is 0. The van der Waals surface area contributed by atoms with E-state index in [-0.39, 0.29) is 10.1 Å². The SMILES string of the molecule is O=C(CBr)C1(Br)CCc2ccccc2C1. The minimum absolute atomic E-state index is 0.247. The Labute approximate surface area is 107 Å². The van der Waals surface area contributed by atoms with Crippen molar-refractivity contribution in [3.8, 4) is 0 Å². The Bertz CT molecular complexity index is 389. The molecule has 1 aromatic carbocycles. The summed E-state index contributed by atoms with van der Waals surface area (Å²) in [5, 5.41) is 0.431. The topological polar surface area (TPSA) is 17.1 Å². The van der Waals surface area contributed by atoms with Crippen molar-refractivity contribution in [2.45, 2.75) is 23.6 Å². The quantitative estimate of drug-likeness (QED) is 0.760. The zero-order chi connectivity index (χ0) is 10.9. The van der Waals surface area contributed by atoms with Gasteiger partial charge in [0, 0.05) is 0 Å². The molecule has 0 saturated heterocycles. The monoisotopic (exact) mass is 330 g/mol. The summed E-state index contributed by atoms with van der Waals surface area (Å²) in [4.78, 5) is 11.8. The number of halogens is 2. The van der Waals surface area contributed by atoms with E-state index in [0.717, 1.165) is 19.3 Å². The molecule has 1 aliphatic rings. The van der Waals surface area contributed by atoms with Gasteiger partial charge in [0.1, 0.15) is 0 Å². The van der Waals surface area contributed by atoms with Crippen molar-refractivity contribution >= 4 is 37.6 Å². The van der Waals surface area contributed by atoms with Crippen LogP contribution >= 0.6 is 31.9 Å². The lowest BCUT2D eigenvalue weighted by Gasteiger charge is -2.31. The molecule has 1 aromatic rings. The van der Waals surface area contributed by atoms with Crippen LogP contribution in [0.1, 0.15) is 17.5 Å². The Kier molecular flexibility index (Phi) is 3.31. The molecule has 0 saturated carbocycles. The number of benzene rings is 1. The molecule has 80 valence electrons. The van der Waals surface area contributed by atoms with E-state index in [1.54, 1.807) is 0 Å². The molecule has 1 atom stereocenters. The lowest BCUT2D eigenvalue weighted by Crippen LogP contribution is -2.38. The molecule has 0 bridgehead atoms. The standard InChI is InChI=1S/C12H12Br2O/c13-8-11(15)12(14)6-5-9-3-1-2-4-10(9)7-12/h1-4H,5-8H2. The highest BCUT2D eigenvalue weighted by molar-refractivity contribution is 9.10. The molecule has 1 nitrogen and oxygen atoms in total. The second-order valence-electron chi connectivity index (χ2n) is 3.97. The fraction of sp³-hybridized carbons (Fsp3) is 0.417. The highest BCUT2D eigenvalue weighted by Gasteiger charge is 2.37. The first-order valence-corrected chi connectivity index (χ1v) is 6.92. The average molecular weight is 332 g/mol. The fourth-order valence-corrected chi connectivity index (χ4v) is 3.61. The number of carbonyl (C=O) groups is 1. The van der Waals surface area contributed by atoms with Crippen LogP contribution in [0.15, 0.2) is 24.3 Å². The number of alkyl halides is 2. The lowest BCUT2D eigenvalue weighted by molar-refractivity contribution is -0.118. The van der Waals surface area contributed by atoms with Crippen LogP contribution in [0.2, 0.25) is 0 Å². The van der Waals surface area contributed by atoms with Crippen molar-refractivity contribution in [2.75, 3.05) is 5.33 Å². The largest absolute Gasteiger partial charge is 0.297 e. The summed E-state index contributed by atoms with van der Waals surface area (Å²) < 4.78 is -0.342. The molecule has 0 N–H and O–H groups in total. The van der Waals surface area contributed by atoms with Gasteiger partial charge in [-0.2, -0.15) is 0 Å². The van der Waals surface area contributed by atoms with Gasteiger partial charge >= 0.3 is 0 Å². The van der Waals surface area contributed by atoms with E-state index in [0.29, 0.717) is 5.33 Å². The molecule has 0 spiro atoms. The Morgan fingerprint density at radius 1 is 1.33 bits per heavy atom. The Balaban J connectivity index is 2.28. The molecule has 1 aliphatic carbocycles. The van der Waals surface area contributed by atoms with Crippen LogP contribution in [0, 0.1) is 0 Å². The van der Waals surface area contributed by atoms with Crippen LogP contribution in [0.5, 0.6) is 0 Å². The van der Waals surface area contributed by atoms with Gasteiger partial charge in [-0.25, -0.2) is 0 Å². The Hall–Kier alpha value is -0.150. The molecule has 0 aliphatic heterocycles. The van der Waals surface area contributed by atoms with Crippen molar-refractivity contribution in [1.29, 1.82) is 0 Å². The van der Waals surface area contributed by atoms with Gasteiger partial charge in [-0.3, -0.25) is 4.79 Å². The molecule has 0 amide bonds. The second kappa shape index (κ2) is 4.38. The Morgan fingerprint density at radius 2 is 2.00 bits per heavy atom. The van der Waals surface area contributed by atoms with E-state index in [9.17, 15) is 4.79 Å². The minimum atomic E-state index is -0.342. The number of ketones is 1. The molecule has 0 heterocycles. The first kappa shape index (κ1) is 11.3. The number of hydrogen-bond acceptors (Lipinski definition) is 1. The smallest absolute Gasteiger partial charge is 0.160 e. The average Bonchev–Trinajstić information content (AvgIpc) is 2.27. The predicted octanol–water partition coefficient (Wildman–Crippen LogP) is 3.27. The summed E-state index contributed by atoms with van der Waals surface area (Å²) >= 11 is 6.86. The molecule has 2 rings (SSSR count). The summed E-state index contributed by atoms with van der Waals surface area (Å²) in [6.07, 6.45) is 2.70. The summed E-state index contributed by atoms with van der Waals surface area (Å²) in [7, 11) is 0. The third-order valence-corrected chi connectivity index (χ3v) is 4.63. The van der Waals surface area contributed by atoms with Crippen LogP contribution in [0.25, 0.3) is 0 Å². The molecule has 0 radical (unpaired) electrons. The van der Waals surface area contributed by atoms with Crippen molar-refractivity contribution in [3.63, 3.8) is 0 Å². The normalized spacial score (nSPS) is 24.7. The van der Waals surface area contributed by atoms with Gasteiger partial charge in [0.2, 0.25) is 0 Å². The highest BCUT2D eigenvalue weighted by atomic mass is 79.9. The molecule has 0 fully saturated rings. The Morgan fingerprint density at radius 3 is 2.67 bits per heavy atom. The zero-order valence-corrected chi connectivity index (χ0v) is 11.5. The highest BCUT2D eigenvalue weighted by Crippen LogP contribution is 2.36. The van der Waals surface area contributed by atoms with E-state index >= 15 is 0 Å². The van der Waals surface area contributed by atoms with Gasteiger partial charge in [-0.15, -0.1) is 0 Å². The van der Waals surface area contributed by atoms with Crippen molar-refractivity contribution in [3.05, 3.63) is 35.4 Å². The molecule has 1 unspecified atom stereocenters. The number of hydrogen-bond donors (Lipinski definition) is 0. The first-order valence-electron chi connectivity index (χ1n) is 5.01. The van der Waals surface area contributed by atoms with E-state index in [4.69, 9.17) is 0 Å². The fourth-order valence-electron chi connectivity index (χ4n) is 2.05. The summed E-state index contributed by atoms with van der Waals surface area (Å²) in [5.74, 6) is 0.247. The number of carbonyl (C=O) groups excluding carboxylic acids is 1. The third-order valence-electron chi connectivity index (χ3n) is 3.00. The molecule has 0 aromatic heterocycles. The van der Waals surface area contributed by atoms with Crippen LogP contribution in [0.3, 0.4) is 0 Å².